The van der Waals surface area contributed by atoms with Crippen LogP contribution in [-0.2, 0) is 34.0 Å². The highest BCUT2D eigenvalue weighted by molar-refractivity contribution is 7.90. The second-order valence-electron chi connectivity index (χ2n) is 9.67. The predicted molar refractivity (Wildman–Crippen MR) is 152 cm³/mol. The SMILES string of the molecule is CS(=O)(=O)c1cccc(C[C@@H](C=O)NC(=O)c2c(Cl)cc3c(c2Cl)CCN(C(=O)c2ccc4ccoc4c2)C3)c1. The number of hydrogen-bond donors (Lipinski definition) is 1. The normalized spacial score (nSPS) is 14.0. The second kappa shape index (κ2) is 11.1. The van der Waals surface area contributed by atoms with Crippen LogP contribution in [-0.4, -0.2) is 50.3 Å². The first-order valence-electron chi connectivity index (χ1n) is 12.4. The zero-order chi connectivity index (χ0) is 28.6. The van der Waals surface area contributed by atoms with Crippen LogP contribution in [0.4, 0.5) is 0 Å². The molecule has 1 aliphatic rings. The topological polar surface area (TPSA) is 114 Å². The lowest BCUT2D eigenvalue weighted by molar-refractivity contribution is -0.109. The number of hydrogen-bond acceptors (Lipinski definition) is 6. The molecule has 1 N–H and O–H groups in total. The van der Waals surface area contributed by atoms with Gasteiger partial charge in [0.25, 0.3) is 11.8 Å². The van der Waals surface area contributed by atoms with Gasteiger partial charge in [0.2, 0.25) is 0 Å². The number of carbonyl (C=O) groups is 3. The molecule has 3 aromatic carbocycles. The monoisotopic (exact) mass is 598 g/mol. The van der Waals surface area contributed by atoms with Crippen molar-refractivity contribution < 1.29 is 27.2 Å². The van der Waals surface area contributed by atoms with Crippen LogP contribution >= 0.6 is 23.2 Å². The molecule has 1 aliphatic heterocycles. The number of carbonyl (C=O) groups excluding carboxylic acids is 3. The Morgan fingerprint density at radius 1 is 1.12 bits per heavy atom. The molecule has 0 saturated heterocycles. The van der Waals surface area contributed by atoms with Crippen molar-refractivity contribution in [1.29, 1.82) is 0 Å². The fraction of sp³-hybridized carbons (Fsp3) is 0.207. The minimum absolute atomic E-state index is 0.0434. The van der Waals surface area contributed by atoms with Gasteiger partial charge >= 0.3 is 0 Å². The Bertz CT molecular complexity index is 1770. The summed E-state index contributed by atoms with van der Waals surface area (Å²) in [5.74, 6) is -0.786. The van der Waals surface area contributed by atoms with Gasteiger partial charge in [-0.15, -0.1) is 0 Å². The van der Waals surface area contributed by atoms with Crippen molar-refractivity contribution in [1.82, 2.24) is 10.2 Å². The Balaban J connectivity index is 1.33. The zero-order valence-corrected chi connectivity index (χ0v) is 23.6. The summed E-state index contributed by atoms with van der Waals surface area (Å²) < 4.78 is 29.2. The number of amides is 2. The van der Waals surface area contributed by atoms with Gasteiger partial charge in [-0.2, -0.15) is 0 Å². The summed E-state index contributed by atoms with van der Waals surface area (Å²) in [4.78, 5) is 40.0. The van der Waals surface area contributed by atoms with E-state index < -0.39 is 21.8 Å². The smallest absolute Gasteiger partial charge is 0.254 e. The standard InChI is InChI=1S/C29H24Cl2N2O6S/c1-40(37,38)22-4-2-3-17(12-22)11-21(16-34)32-28(35)26-24(30)13-20-15-33(9-7-23(20)27(26)31)29(36)19-6-5-18-8-10-39-25(18)14-19/h2-6,8,10,12-14,16,21H,7,9,11,15H2,1H3,(H,32,35)/t21-/m0/s1. The molecule has 0 saturated carbocycles. The van der Waals surface area contributed by atoms with Crippen molar-refractivity contribution >= 4 is 62.1 Å². The van der Waals surface area contributed by atoms with Crippen LogP contribution in [0.2, 0.25) is 10.0 Å². The van der Waals surface area contributed by atoms with E-state index in [0.29, 0.717) is 41.5 Å². The third-order valence-electron chi connectivity index (χ3n) is 6.89. The fourth-order valence-electron chi connectivity index (χ4n) is 4.83. The van der Waals surface area contributed by atoms with Crippen LogP contribution in [0, 0.1) is 0 Å². The van der Waals surface area contributed by atoms with E-state index >= 15 is 0 Å². The summed E-state index contributed by atoms with van der Waals surface area (Å²) >= 11 is 13.2. The van der Waals surface area contributed by atoms with Crippen LogP contribution in [0.15, 0.2) is 70.2 Å². The van der Waals surface area contributed by atoms with Crippen LogP contribution in [0.1, 0.15) is 37.4 Å². The summed E-state index contributed by atoms with van der Waals surface area (Å²) in [5, 5.41) is 3.81. The van der Waals surface area contributed by atoms with E-state index in [1.807, 2.05) is 12.1 Å². The van der Waals surface area contributed by atoms with E-state index in [4.69, 9.17) is 27.6 Å². The number of sulfone groups is 1. The molecule has 8 nitrogen and oxygen atoms in total. The number of fused-ring (bicyclic) bond motifs is 2. The molecule has 40 heavy (non-hydrogen) atoms. The van der Waals surface area contributed by atoms with E-state index in [2.05, 4.69) is 5.32 Å². The number of rotatable bonds is 7. The minimum atomic E-state index is -3.42. The molecule has 2 amide bonds. The molecule has 0 unspecified atom stereocenters. The molecule has 4 aromatic rings. The summed E-state index contributed by atoms with van der Waals surface area (Å²) in [5.41, 5.74) is 3.18. The highest BCUT2D eigenvalue weighted by Crippen LogP contribution is 2.35. The van der Waals surface area contributed by atoms with Gasteiger partial charge in [0.15, 0.2) is 9.84 Å². The van der Waals surface area contributed by atoms with Gasteiger partial charge in [0, 0.05) is 30.3 Å². The van der Waals surface area contributed by atoms with E-state index in [0.717, 1.165) is 17.2 Å². The Labute approximate surface area is 240 Å². The number of nitrogens with zero attached hydrogens (tertiary/aromatic N) is 1. The molecular weight excluding hydrogens is 575 g/mol. The molecule has 0 fully saturated rings. The summed E-state index contributed by atoms with van der Waals surface area (Å²) in [6.45, 7) is 0.650. The quantitative estimate of drug-likeness (QED) is 0.303. The van der Waals surface area contributed by atoms with Crippen molar-refractivity contribution in [2.75, 3.05) is 12.8 Å². The Morgan fingerprint density at radius 2 is 1.93 bits per heavy atom. The summed E-state index contributed by atoms with van der Waals surface area (Å²) in [7, 11) is -3.42. The third-order valence-corrected chi connectivity index (χ3v) is 8.71. The Hall–Kier alpha value is -3.66. The largest absolute Gasteiger partial charge is 0.464 e. The van der Waals surface area contributed by atoms with Crippen LogP contribution in [0.25, 0.3) is 11.0 Å². The van der Waals surface area contributed by atoms with Gasteiger partial charge in [-0.25, -0.2) is 8.42 Å². The maximum Gasteiger partial charge on any atom is 0.254 e. The lowest BCUT2D eigenvalue weighted by atomic mass is 9.95. The van der Waals surface area contributed by atoms with Crippen molar-refractivity contribution in [3.63, 3.8) is 0 Å². The van der Waals surface area contributed by atoms with Crippen molar-refractivity contribution in [3.8, 4) is 0 Å². The van der Waals surface area contributed by atoms with Gasteiger partial charge in [0.05, 0.1) is 32.8 Å². The molecular formula is C29H24Cl2N2O6S. The summed E-state index contributed by atoms with van der Waals surface area (Å²) in [6.07, 6.45) is 3.74. The molecule has 11 heteroatoms. The predicted octanol–water partition coefficient (Wildman–Crippen LogP) is 4.88. The highest BCUT2D eigenvalue weighted by atomic mass is 35.5. The van der Waals surface area contributed by atoms with E-state index in [-0.39, 0.29) is 39.4 Å². The van der Waals surface area contributed by atoms with Crippen molar-refractivity contribution in [2.24, 2.45) is 0 Å². The number of furan rings is 1. The maximum absolute atomic E-state index is 13.2. The fourth-order valence-corrected chi connectivity index (χ4v) is 6.29. The Kier molecular flexibility index (Phi) is 7.72. The van der Waals surface area contributed by atoms with Crippen LogP contribution < -0.4 is 5.32 Å². The molecule has 1 atom stereocenters. The first-order chi connectivity index (χ1) is 19.0. The number of benzene rings is 3. The average molecular weight is 599 g/mol. The average Bonchev–Trinajstić information content (AvgIpc) is 3.39. The molecule has 1 aromatic heterocycles. The van der Waals surface area contributed by atoms with Gasteiger partial charge in [-0.1, -0.05) is 41.4 Å². The van der Waals surface area contributed by atoms with E-state index in [1.54, 1.807) is 41.5 Å². The second-order valence-corrected chi connectivity index (χ2v) is 12.5. The first-order valence-corrected chi connectivity index (χ1v) is 15.0. The van der Waals surface area contributed by atoms with Crippen LogP contribution in [0.5, 0.6) is 0 Å². The molecule has 206 valence electrons. The van der Waals surface area contributed by atoms with Gasteiger partial charge in [-0.3, -0.25) is 9.59 Å². The van der Waals surface area contributed by atoms with Crippen molar-refractivity contribution in [2.45, 2.75) is 30.3 Å². The van der Waals surface area contributed by atoms with Crippen LogP contribution in [0.3, 0.4) is 0 Å². The molecule has 0 radical (unpaired) electrons. The van der Waals surface area contributed by atoms with E-state index in [9.17, 15) is 22.8 Å². The number of halogens is 2. The lowest BCUT2D eigenvalue weighted by Gasteiger charge is -2.30. The minimum Gasteiger partial charge on any atom is -0.464 e. The summed E-state index contributed by atoms with van der Waals surface area (Å²) in [6, 6.07) is 14.0. The highest BCUT2D eigenvalue weighted by Gasteiger charge is 2.28. The van der Waals surface area contributed by atoms with Gasteiger partial charge in [0.1, 0.15) is 11.9 Å². The lowest BCUT2D eigenvalue weighted by Crippen LogP contribution is -2.39. The number of aldehydes is 1. The zero-order valence-electron chi connectivity index (χ0n) is 21.3. The maximum atomic E-state index is 13.2. The Morgan fingerprint density at radius 3 is 2.67 bits per heavy atom. The molecule has 2 heterocycles. The molecule has 5 rings (SSSR count). The first kappa shape index (κ1) is 27.9. The number of nitrogens with one attached hydrogen (secondary N) is 1. The molecule has 0 bridgehead atoms. The molecule has 0 aliphatic carbocycles. The van der Waals surface area contributed by atoms with Gasteiger partial charge < -0.3 is 19.4 Å². The third kappa shape index (κ3) is 5.63. The molecule has 0 spiro atoms. The van der Waals surface area contributed by atoms with E-state index in [1.165, 1.54) is 12.1 Å². The van der Waals surface area contributed by atoms with Crippen molar-refractivity contribution in [3.05, 3.63) is 98.7 Å². The van der Waals surface area contributed by atoms with Gasteiger partial charge in [-0.05, 0) is 65.9 Å².